The molecule has 2 atom stereocenters. The van der Waals surface area contributed by atoms with Crippen molar-refractivity contribution in [2.75, 3.05) is 6.61 Å². The summed E-state index contributed by atoms with van der Waals surface area (Å²) in [6, 6.07) is 0. The standard InChI is InChI=1S/C10H18O4.Na/c1-4-8(9(11)12)6-7(3)10(13)14-5-2;/h7-8H,4-6H2,1-3H3,(H,11,12);/q;+1/p-1. The summed E-state index contributed by atoms with van der Waals surface area (Å²) in [7, 11) is 0. The average Bonchev–Trinajstić information content (AvgIpc) is 2.13. The van der Waals surface area contributed by atoms with Gasteiger partial charge in [0.1, 0.15) is 0 Å². The van der Waals surface area contributed by atoms with E-state index in [9.17, 15) is 14.7 Å². The summed E-state index contributed by atoms with van der Waals surface area (Å²) in [5, 5.41) is 10.6. The van der Waals surface area contributed by atoms with E-state index in [4.69, 9.17) is 4.74 Å². The number of ether oxygens (including phenoxy) is 1. The predicted molar refractivity (Wildman–Crippen MR) is 49.2 cm³/mol. The minimum Gasteiger partial charge on any atom is -0.550 e. The number of hydrogen-bond donors (Lipinski definition) is 0. The Labute approximate surface area is 113 Å². The average molecular weight is 224 g/mol. The van der Waals surface area contributed by atoms with Gasteiger partial charge < -0.3 is 14.6 Å². The van der Waals surface area contributed by atoms with Gasteiger partial charge in [0, 0.05) is 5.97 Å². The molecule has 15 heavy (non-hydrogen) atoms. The van der Waals surface area contributed by atoms with Gasteiger partial charge in [0.2, 0.25) is 0 Å². The van der Waals surface area contributed by atoms with Crippen molar-refractivity contribution in [3.63, 3.8) is 0 Å². The normalized spacial score (nSPS) is 13.5. The van der Waals surface area contributed by atoms with Crippen LogP contribution in [0, 0.1) is 11.8 Å². The van der Waals surface area contributed by atoms with Gasteiger partial charge in [-0.15, -0.1) is 0 Å². The molecular weight excluding hydrogens is 207 g/mol. The van der Waals surface area contributed by atoms with Crippen LogP contribution in [0.5, 0.6) is 0 Å². The Balaban J connectivity index is 0. The topological polar surface area (TPSA) is 66.4 Å². The fraction of sp³-hybridized carbons (Fsp3) is 0.800. The second kappa shape index (κ2) is 9.19. The second-order valence-electron chi connectivity index (χ2n) is 3.31. The number of rotatable bonds is 6. The molecule has 0 radical (unpaired) electrons. The Morgan fingerprint density at radius 3 is 2.20 bits per heavy atom. The molecule has 2 unspecified atom stereocenters. The molecule has 0 rings (SSSR count). The summed E-state index contributed by atoms with van der Waals surface area (Å²) < 4.78 is 4.78. The Morgan fingerprint density at radius 1 is 1.33 bits per heavy atom. The molecular formula is C10H17NaO4. The summed E-state index contributed by atoms with van der Waals surface area (Å²) in [6.45, 7) is 5.48. The van der Waals surface area contributed by atoms with E-state index in [1.807, 2.05) is 0 Å². The van der Waals surface area contributed by atoms with Crippen LogP contribution in [0.25, 0.3) is 0 Å². The first kappa shape index (κ1) is 17.3. The van der Waals surface area contributed by atoms with Gasteiger partial charge in [-0.2, -0.15) is 0 Å². The zero-order chi connectivity index (χ0) is 11.1. The zero-order valence-corrected chi connectivity index (χ0v) is 11.9. The van der Waals surface area contributed by atoms with E-state index in [1.165, 1.54) is 0 Å². The van der Waals surface area contributed by atoms with Gasteiger partial charge in [-0.1, -0.05) is 13.8 Å². The number of esters is 1. The molecule has 4 nitrogen and oxygen atoms in total. The summed E-state index contributed by atoms with van der Waals surface area (Å²) in [4.78, 5) is 21.8. The van der Waals surface area contributed by atoms with Crippen LogP contribution in [0.2, 0.25) is 0 Å². The minimum atomic E-state index is -1.09. The van der Waals surface area contributed by atoms with Gasteiger partial charge in [-0.3, -0.25) is 4.79 Å². The molecule has 82 valence electrons. The molecule has 0 N–H and O–H groups in total. The molecule has 0 saturated heterocycles. The summed E-state index contributed by atoms with van der Waals surface area (Å²) >= 11 is 0. The van der Waals surface area contributed by atoms with Crippen LogP contribution in [0.3, 0.4) is 0 Å². The van der Waals surface area contributed by atoms with Crippen LogP contribution in [0.15, 0.2) is 0 Å². The van der Waals surface area contributed by atoms with E-state index >= 15 is 0 Å². The van der Waals surface area contributed by atoms with E-state index in [-0.39, 0.29) is 47.9 Å². The first-order valence-electron chi connectivity index (χ1n) is 4.90. The van der Waals surface area contributed by atoms with Crippen LogP contribution in [0.4, 0.5) is 0 Å². The maximum Gasteiger partial charge on any atom is 1.00 e. The second-order valence-corrected chi connectivity index (χ2v) is 3.31. The molecule has 5 heteroatoms. The monoisotopic (exact) mass is 224 g/mol. The number of carbonyl (C=O) groups excluding carboxylic acids is 2. The van der Waals surface area contributed by atoms with Gasteiger partial charge in [-0.25, -0.2) is 0 Å². The van der Waals surface area contributed by atoms with Gasteiger partial charge in [0.05, 0.1) is 12.5 Å². The Kier molecular flexibility index (Phi) is 10.6. The predicted octanol–water partition coefficient (Wildman–Crippen LogP) is -2.64. The Bertz CT molecular complexity index is 206. The third-order valence-electron chi connectivity index (χ3n) is 2.15. The van der Waals surface area contributed by atoms with E-state index in [1.54, 1.807) is 20.8 Å². The number of aliphatic carboxylic acids is 1. The molecule has 0 saturated carbocycles. The molecule has 0 spiro atoms. The number of carboxylic acids is 1. The number of carbonyl (C=O) groups is 2. The van der Waals surface area contributed by atoms with Crippen molar-refractivity contribution in [3.05, 3.63) is 0 Å². The Hall–Kier alpha value is -0.0600. The largest absolute Gasteiger partial charge is 1.00 e. The van der Waals surface area contributed by atoms with E-state index in [2.05, 4.69) is 0 Å². The third kappa shape index (κ3) is 6.93. The van der Waals surface area contributed by atoms with E-state index < -0.39 is 11.9 Å². The van der Waals surface area contributed by atoms with Crippen LogP contribution in [0.1, 0.15) is 33.6 Å². The number of hydrogen-bond acceptors (Lipinski definition) is 4. The van der Waals surface area contributed by atoms with Gasteiger partial charge >= 0.3 is 35.5 Å². The van der Waals surface area contributed by atoms with Crippen molar-refractivity contribution in [2.24, 2.45) is 11.8 Å². The smallest absolute Gasteiger partial charge is 0.550 e. The minimum absolute atomic E-state index is 0. The molecule has 0 aliphatic carbocycles. The molecule has 0 bridgehead atoms. The van der Waals surface area contributed by atoms with Crippen LogP contribution < -0.4 is 34.7 Å². The molecule has 0 aliphatic rings. The molecule has 0 aromatic carbocycles. The molecule has 0 aliphatic heterocycles. The quantitative estimate of drug-likeness (QED) is 0.365. The molecule has 0 amide bonds. The van der Waals surface area contributed by atoms with Gasteiger partial charge in [0.15, 0.2) is 0 Å². The van der Waals surface area contributed by atoms with Gasteiger partial charge in [-0.05, 0) is 25.7 Å². The summed E-state index contributed by atoms with van der Waals surface area (Å²) in [5.41, 5.74) is 0. The molecule has 0 heterocycles. The Morgan fingerprint density at radius 2 is 1.87 bits per heavy atom. The maximum absolute atomic E-state index is 11.2. The molecule has 0 aromatic heterocycles. The van der Waals surface area contributed by atoms with Crippen molar-refractivity contribution in [2.45, 2.75) is 33.6 Å². The maximum atomic E-state index is 11.2. The SMILES string of the molecule is CCOC(=O)C(C)CC(CC)C(=O)[O-].[Na+]. The van der Waals surface area contributed by atoms with Crippen LogP contribution in [-0.2, 0) is 14.3 Å². The van der Waals surface area contributed by atoms with Crippen LogP contribution in [-0.4, -0.2) is 18.5 Å². The van der Waals surface area contributed by atoms with E-state index in [0.717, 1.165) is 0 Å². The summed E-state index contributed by atoms with van der Waals surface area (Å²) in [6.07, 6.45) is 0.768. The van der Waals surface area contributed by atoms with E-state index in [0.29, 0.717) is 13.0 Å². The summed E-state index contributed by atoms with van der Waals surface area (Å²) in [5.74, 6) is -2.37. The van der Waals surface area contributed by atoms with Gasteiger partial charge in [0.25, 0.3) is 0 Å². The molecule has 0 fully saturated rings. The fourth-order valence-electron chi connectivity index (χ4n) is 1.24. The fourth-order valence-corrected chi connectivity index (χ4v) is 1.24. The van der Waals surface area contributed by atoms with Crippen molar-refractivity contribution in [3.8, 4) is 0 Å². The zero-order valence-electron chi connectivity index (χ0n) is 9.91. The van der Waals surface area contributed by atoms with Crippen molar-refractivity contribution in [1.82, 2.24) is 0 Å². The van der Waals surface area contributed by atoms with Crippen molar-refractivity contribution >= 4 is 11.9 Å². The third-order valence-corrected chi connectivity index (χ3v) is 2.15. The first-order valence-corrected chi connectivity index (χ1v) is 4.90. The first-order chi connectivity index (χ1) is 6.52. The van der Waals surface area contributed by atoms with Crippen LogP contribution >= 0.6 is 0 Å². The van der Waals surface area contributed by atoms with Crippen molar-refractivity contribution in [1.29, 1.82) is 0 Å². The number of carboxylic acid groups (broad SMARTS) is 1. The van der Waals surface area contributed by atoms with Crippen molar-refractivity contribution < 1.29 is 49.0 Å². The molecule has 0 aromatic rings.